The average Bonchev–Trinajstić information content (AvgIpc) is 2.87. The first-order chi connectivity index (χ1) is 10.2. The second kappa shape index (κ2) is 6.10. The van der Waals surface area contributed by atoms with Gasteiger partial charge in [-0.2, -0.15) is 0 Å². The Hall–Kier alpha value is -1.49. The lowest BCUT2D eigenvalue weighted by atomic mass is 10.1. The SMILES string of the molecule is Cc1ccc2nc(SCc3ccc(CN)cc3Cl)[nH]c2c1. The summed E-state index contributed by atoms with van der Waals surface area (Å²) in [5.74, 6) is 0.780. The molecule has 0 aliphatic carbocycles. The second-order valence-corrected chi connectivity index (χ2v) is 6.35. The van der Waals surface area contributed by atoms with Crippen molar-refractivity contribution in [3.05, 3.63) is 58.1 Å². The van der Waals surface area contributed by atoms with Crippen LogP contribution in [0.1, 0.15) is 16.7 Å². The molecule has 108 valence electrons. The highest BCUT2D eigenvalue weighted by Crippen LogP contribution is 2.27. The average molecular weight is 318 g/mol. The highest BCUT2D eigenvalue weighted by Gasteiger charge is 2.06. The van der Waals surface area contributed by atoms with Crippen molar-refractivity contribution in [3.63, 3.8) is 0 Å². The van der Waals surface area contributed by atoms with Crippen LogP contribution in [0.2, 0.25) is 5.02 Å². The molecule has 3 aromatic rings. The molecule has 0 fully saturated rings. The zero-order valence-electron chi connectivity index (χ0n) is 11.7. The summed E-state index contributed by atoms with van der Waals surface area (Å²) in [6, 6.07) is 12.2. The molecule has 5 heteroatoms. The summed E-state index contributed by atoms with van der Waals surface area (Å²) >= 11 is 7.92. The Balaban J connectivity index is 1.77. The van der Waals surface area contributed by atoms with Crippen LogP contribution in [0.4, 0.5) is 0 Å². The van der Waals surface area contributed by atoms with E-state index in [2.05, 4.69) is 29.0 Å². The molecule has 0 amide bonds. The minimum atomic E-state index is 0.510. The van der Waals surface area contributed by atoms with Crippen LogP contribution in [0.25, 0.3) is 11.0 Å². The third-order valence-corrected chi connectivity index (χ3v) is 4.61. The van der Waals surface area contributed by atoms with E-state index in [9.17, 15) is 0 Å². The van der Waals surface area contributed by atoms with Gasteiger partial charge in [0.15, 0.2) is 5.16 Å². The van der Waals surface area contributed by atoms with Crippen LogP contribution in [0.5, 0.6) is 0 Å². The van der Waals surface area contributed by atoms with Gasteiger partial charge in [-0.05, 0) is 41.8 Å². The van der Waals surface area contributed by atoms with E-state index in [4.69, 9.17) is 17.3 Å². The molecule has 3 rings (SSSR count). The first-order valence-electron chi connectivity index (χ1n) is 6.72. The zero-order valence-corrected chi connectivity index (χ0v) is 13.3. The maximum Gasteiger partial charge on any atom is 0.166 e. The molecule has 1 heterocycles. The first-order valence-corrected chi connectivity index (χ1v) is 8.08. The van der Waals surface area contributed by atoms with Gasteiger partial charge in [0.05, 0.1) is 11.0 Å². The molecular weight excluding hydrogens is 302 g/mol. The number of imidazole rings is 1. The molecular formula is C16H16ClN3S. The van der Waals surface area contributed by atoms with Crippen molar-refractivity contribution < 1.29 is 0 Å². The number of aromatic amines is 1. The molecule has 3 N–H and O–H groups in total. The minimum absolute atomic E-state index is 0.510. The number of rotatable bonds is 4. The molecule has 0 aliphatic heterocycles. The molecule has 0 saturated heterocycles. The number of H-pyrrole nitrogens is 1. The van der Waals surface area contributed by atoms with Gasteiger partial charge < -0.3 is 10.7 Å². The Bertz CT molecular complexity index is 782. The van der Waals surface area contributed by atoms with Gasteiger partial charge in [0, 0.05) is 17.3 Å². The third kappa shape index (κ3) is 3.23. The fourth-order valence-corrected chi connectivity index (χ4v) is 3.39. The van der Waals surface area contributed by atoms with Gasteiger partial charge in [-0.15, -0.1) is 0 Å². The topological polar surface area (TPSA) is 54.7 Å². The number of benzene rings is 2. The number of fused-ring (bicyclic) bond motifs is 1. The number of hydrogen-bond acceptors (Lipinski definition) is 3. The van der Waals surface area contributed by atoms with E-state index >= 15 is 0 Å². The largest absolute Gasteiger partial charge is 0.333 e. The first kappa shape index (κ1) is 14.4. The number of aromatic nitrogens is 2. The van der Waals surface area contributed by atoms with E-state index in [1.165, 1.54) is 5.56 Å². The van der Waals surface area contributed by atoms with Crippen LogP contribution in [0.3, 0.4) is 0 Å². The van der Waals surface area contributed by atoms with Gasteiger partial charge in [-0.1, -0.05) is 41.6 Å². The van der Waals surface area contributed by atoms with Crippen LogP contribution in [0.15, 0.2) is 41.6 Å². The van der Waals surface area contributed by atoms with Gasteiger partial charge in [-0.25, -0.2) is 4.98 Å². The van der Waals surface area contributed by atoms with Crippen LogP contribution >= 0.6 is 23.4 Å². The van der Waals surface area contributed by atoms with Crippen molar-refractivity contribution in [1.29, 1.82) is 0 Å². The fourth-order valence-electron chi connectivity index (χ4n) is 2.15. The van der Waals surface area contributed by atoms with Crippen molar-refractivity contribution >= 4 is 34.4 Å². The Kier molecular flexibility index (Phi) is 4.19. The molecule has 0 bridgehead atoms. The summed E-state index contributed by atoms with van der Waals surface area (Å²) in [5.41, 5.74) is 11.0. The summed E-state index contributed by atoms with van der Waals surface area (Å²) in [4.78, 5) is 7.91. The highest BCUT2D eigenvalue weighted by molar-refractivity contribution is 7.98. The van der Waals surface area contributed by atoms with E-state index in [1.54, 1.807) is 11.8 Å². The molecule has 2 aromatic carbocycles. The maximum atomic E-state index is 6.27. The fraction of sp³-hybridized carbons (Fsp3) is 0.188. The van der Waals surface area contributed by atoms with E-state index in [0.29, 0.717) is 6.54 Å². The maximum absolute atomic E-state index is 6.27. The Morgan fingerprint density at radius 1 is 1.24 bits per heavy atom. The lowest BCUT2D eigenvalue weighted by Gasteiger charge is -2.04. The highest BCUT2D eigenvalue weighted by atomic mass is 35.5. The summed E-state index contributed by atoms with van der Waals surface area (Å²) in [5, 5.41) is 1.67. The molecule has 0 atom stereocenters. The van der Waals surface area contributed by atoms with E-state index < -0.39 is 0 Å². The van der Waals surface area contributed by atoms with Gasteiger partial charge in [0.1, 0.15) is 0 Å². The van der Waals surface area contributed by atoms with E-state index in [-0.39, 0.29) is 0 Å². The standard InChI is InChI=1S/C16H16ClN3S/c1-10-2-5-14-15(6-10)20-16(19-14)21-9-12-4-3-11(8-18)7-13(12)17/h2-7H,8-9,18H2,1H3,(H,19,20). The zero-order chi connectivity index (χ0) is 14.8. The van der Waals surface area contributed by atoms with Crippen LogP contribution < -0.4 is 5.73 Å². The monoisotopic (exact) mass is 317 g/mol. The number of nitrogens with one attached hydrogen (secondary N) is 1. The summed E-state index contributed by atoms with van der Waals surface area (Å²) in [6.45, 7) is 2.59. The molecule has 0 aliphatic rings. The van der Waals surface area contributed by atoms with Gasteiger partial charge in [0.25, 0.3) is 0 Å². The Morgan fingerprint density at radius 3 is 2.86 bits per heavy atom. The van der Waals surface area contributed by atoms with Crippen molar-refractivity contribution in [3.8, 4) is 0 Å². The number of hydrogen-bond donors (Lipinski definition) is 2. The lowest BCUT2D eigenvalue weighted by Crippen LogP contribution is -1.96. The number of aryl methyl sites for hydroxylation is 1. The number of nitrogens with two attached hydrogens (primary N) is 1. The number of halogens is 1. The Morgan fingerprint density at radius 2 is 2.10 bits per heavy atom. The summed E-state index contributed by atoms with van der Waals surface area (Å²) in [7, 11) is 0. The summed E-state index contributed by atoms with van der Waals surface area (Å²) < 4.78 is 0. The molecule has 3 nitrogen and oxygen atoms in total. The molecule has 1 aromatic heterocycles. The lowest BCUT2D eigenvalue weighted by molar-refractivity contribution is 1.06. The van der Waals surface area contributed by atoms with Gasteiger partial charge in [-0.3, -0.25) is 0 Å². The smallest absolute Gasteiger partial charge is 0.166 e. The molecule has 0 saturated carbocycles. The minimum Gasteiger partial charge on any atom is -0.333 e. The van der Waals surface area contributed by atoms with Crippen molar-refractivity contribution in [2.75, 3.05) is 0 Å². The van der Waals surface area contributed by atoms with Crippen molar-refractivity contribution in [2.24, 2.45) is 5.73 Å². The normalized spacial score (nSPS) is 11.2. The van der Waals surface area contributed by atoms with E-state index in [1.807, 2.05) is 24.3 Å². The van der Waals surface area contributed by atoms with Gasteiger partial charge >= 0.3 is 0 Å². The quantitative estimate of drug-likeness (QED) is 0.706. The van der Waals surface area contributed by atoms with Gasteiger partial charge in [0.2, 0.25) is 0 Å². The van der Waals surface area contributed by atoms with Crippen molar-refractivity contribution in [2.45, 2.75) is 24.4 Å². The number of thioether (sulfide) groups is 1. The van der Waals surface area contributed by atoms with Crippen LogP contribution in [-0.4, -0.2) is 9.97 Å². The predicted octanol–water partition coefficient (Wildman–Crippen LogP) is 4.28. The predicted molar refractivity (Wildman–Crippen MR) is 89.7 cm³/mol. The van der Waals surface area contributed by atoms with E-state index in [0.717, 1.165) is 38.1 Å². The van der Waals surface area contributed by atoms with Crippen LogP contribution in [-0.2, 0) is 12.3 Å². The third-order valence-electron chi connectivity index (χ3n) is 3.33. The molecule has 0 radical (unpaired) electrons. The molecule has 21 heavy (non-hydrogen) atoms. The number of nitrogens with zero attached hydrogens (tertiary/aromatic N) is 1. The second-order valence-electron chi connectivity index (χ2n) is 4.98. The Labute approximate surface area is 132 Å². The summed E-state index contributed by atoms with van der Waals surface area (Å²) in [6.07, 6.45) is 0. The van der Waals surface area contributed by atoms with Crippen molar-refractivity contribution in [1.82, 2.24) is 9.97 Å². The van der Waals surface area contributed by atoms with Crippen LogP contribution in [0, 0.1) is 6.92 Å². The molecule has 0 unspecified atom stereocenters. The molecule has 0 spiro atoms.